The summed E-state index contributed by atoms with van der Waals surface area (Å²) < 4.78 is 13.7. The average Bonchev–Trinajstić information content (AvgIpc) is 2.61. The predicted molar refractivity (Wildman–Crippen MR) is 96.3 cm³/mol. The molecule has 0 aliphatic carbocycles. The molecule has 2 aromatic carbocycles. The van der Waals surface area contributed by atoms with Gasteiger partial charge in [-0.05, 0) is 56.3 Å². The van der Waals surface area contributed by atoms with Crippen LogP contribution in [0.3, 0.4) is 0 Å². The minimum Gasteiger partial charge on any atom is -0.372 e. The van der Waals surface area contributed by atoms with Crippen LogP contribution in [0.5, 0.6) is 0 Å². The molecule has 2 aromatic rings. The van der Waals surface area contributed by atoms with Crippen molar-refractivity contribution in [1.82, 2.24) is 10.9 Å². The third-order valence-electron chi connectivity index (χ3n) is 3.72. The minimum atomic E-state index is -0.762. The summed E-state index contributed by atoms with van der Waals surface area (Å²) in [4.78, 5) is 26.1. The van der Waals surface area contributed by atoms with Crippen molar-refractivity contribution in [2.45, 2.75) is 13.8 Å². The van der Waals surface area contributed by atoms with E-state index in [1.54, 1.807) is 12.1 Å². The summed E-state index contributed by atoms with van der Waals surface area (Å²) in [5.74, 6) is -2.01. The van der Waals surface area contributed by atoms with Crippen LogP contribution in [0, 0.1) is 5.82 Å². The molecule has 0 radical (unpaired) electrons. The van der Waals surface area contributed by atoms with Crippen molar-refractivity contribution in [2.75, 3.05) is 18.0 Å². The molecule has 2 N–H and O–H groups in total. The van der Waals surface area contributed by atoms with Gasteiger partial charge in [0.25, 0.3) is 11.8 Å². The van der Waals surface area contributed by atoms with Crippen LogP contribution in [0.1, 0.15) is 34.6 Å². The van der Waals surface area contributed by atoms with Crippen molar-refractivity contribution in [3.05, 3.63) is 64.4 Å². The topological polar surface area (TPSA) is 61.4 Å². The Hall–Kier alpha value is -2.60. The number of nitrogens with zero attached hydrogens (tertiary/aromatic N) is 1. The van der Waals surface area contributed by atoms with E-state index in [9.17, 15) is 14.0 Å². The minimum absolute atomic E-state index is 0.186. The van der Waals surface area contributed by atoms with Crippen molar-refractivity contribution in [3.8, 4) is 0 Å². The van der Waals surface area contributed by atoms with Gasteiger partial charge < -0.3 is 4.90 Å². The standard InChI is InChI=1S/C18H19ClFN3O2/c1-3-23(4-2)14-8-5-12(6-9-14)17(24)21-22-18(25)15-10-7-13(19)11-16(15)20/h5-11H,3-4H2,1-2H3,(H,21,24)(H,22,25). The fourth-order valence-electron chi connectivity index (χ4n) is 2.34. The van der Waals surface area contributed by atoms with Crippen molar-refractivity contribution >= 4 is 29.1 Å². The molecule has 2 rings (SSSR count). The van der Waals surface area contributed by atoms with Gasteiger partial charge in [-0.25, -0.2) is 4.39 Å². The van der Waals surface area contributed by atoms with Crippen LogP contribution in [0.2, 0.25) is 5.02 Å². The second kappa shape index (κ2) is 8.48. The first-order chi connectivity index (χ1) is 12.0. The molecule has 0 aliphatic heterocycles. The van der Waals surface area contributed by atoms with Crippen LogP contribution < -0.4 is 15.8 Å². The lowest BCUT2D eigenvalue weighted by molar-refractivity contribution is 0.0844. The van der Waals surface area contributed by atoms with Gasteiger partial charge in [0.2, 0.25) is 0 Å². The third kappa shape index (κ3) is 4.70. The Balaban J connectivity index is 1.99. The maximum absolute atomic E-state index is 13.7. The van der Waals surface area contributed by atoms with Gasteiger partial charge >= 0.3 is 0 Å². The summed E-state index contributed by atoms with van der Waals surface area (Å²) in [6, 6.07) is 10.7. The largest absolute Gasteiger partial charge is 0.372 e. The number of amides is 2. The van der Waals surface area contributed by atoms with Crippen molar-refractivity contribution in [3.63, 3.8) is 0 Å². The molecule has 5 nitrogen and oxygen atoms in total. The van der Waals surface area contributed by atoms with E-state index in [-0.39, 0.29) is 10.6 Å². The van der Waals surface area contributed by atoms with E-state index in [0.29, 0.717) is 5.56 Å². The monoisotopic (exact) mass is 363 g/mol. The van der Waals surface area contributed by atoms with E-state index >= 15 is 0 Å². The maximum atomic E-state index is 13.7. The summed E-state index contributed by atoms with van der Waals surface area (Å²) >= 11 is 5.64. The number of carbonyl (C=O) groups is 2. The second-order valence-electron chi connectivity index (χ2n) is 5.25. The highest BCUT2D eigenvalue weighted by atomic mass is 35.5. The molecule has 25 heavy (non-hydrogen) atoms. The lowest BCUT2D eigenvalue weighted by Gasteiger charge is -2.21. The van der Waals surface area contributed by atoms with Gasteiger partial charge in [-0.1, -0.05) is 11.6 Å². The smallest absolute Gasteiger partial charge is 0.272 e. The van der Waals surface area contributed by atoms with Crippen LogP contribution >= 0.6 is 11.6 Å². The Bertz CT molecular complexity index is 761. The fraction of sp³-hybridized carbons (Fsp3) is 0.222. The highest BCUT2D eigenvalue weighted by Gasteiger charge is 2.13. The number of nitrogens with one attached hydrogen (secondary N) is 2. The van der Waals surface area contributed by atoms with E-state index in [4.69, 9.17) is 11.6 Å². The van der Waals surface area contributed by atoms with E-state index in [1.165, 1.54) is 12.1 Å². The fourth-order valence-corrected chi connectivity index (χ4v) is 2.50. The average molecular weight is 364 g/mol. The number of hydrogen-bond acceptors (Lipinski definition) is 3. The number of carbonyl (C=O) groups excluding carboxylic acids is 2. The lowest BCUT2D eigenvalue weighted by Crippen LogP contribution is -2.41. The Morgan fingerprint density at radius 2 is 1.60 bits per heavy atom. The van der Waals surface area contributed by atoms with Crippen molar-refractivity contribution in [1.29, 1.82) is 0 Å². The molecule has 7 heteroatoms. The van der Waals surface area contributed by atoms with Crippen LogP contribution in [0.25, 0.3) is 0 Å². The van der Waals surface area contributed by atoms with Gasteiger partial charge in [-0.2, -0.15) is 0 Å². The summed E-state index contributed by atoms with van der Waals surface area (Å²) in [6.07, 6.45) is 0. The Labute approximate surface area is 150 Å². The van der Waals surface area contributed by atoms with Gasteiger partial charge in [0.1, 0.15) is 5.82 Å². The molecule has 0 heterocycles. The number of hydrogen-bond donors (Lipinski definition) is 2. The Morgan fingerprint density at radius 3 is 2.16 bits per heavy atom. The first-order valence-corrected chi connectivity index (χ1v) is 8.24. The normalized spacial score (nSPS) is 10.2. The Kier molecular flexibility index (Phi) is 6.36. The molecule has 0 aliphatic rings. The molecule has 0 saturated carbocycles. The third-order valence-corrected chi connectivity index (χ3v) is 3.96. The highest BCUT2D eigenvalue weighted by Crippen LogP contribution is 2.15. The second-order valence-corrected chi connectivity index (χ2v) is 5.69. The van der Waals surface area contributed by atoms with Crippen molar-refractivity contribution in [2.24, 2.45) is 0 Å². The summed E-state index contributed by atoms with van der Waals surface area (Å²) in [5.41, 5.74) is 5.63. The van der Waals surface area contributed by atoms with Gasteiger partial charge in [-0.3, -0.25) is 20.4 Å². The first-order valence-electron chi connectivity index (χ1n) is 7.87. The van der Waals surface area contributed by atoms with E-state index < -0.39 is 17.6 Å². The molecule has 0 atom stereocenters. The first kappa shape index (κ1) is 18.7. The molecular formula is C18H19ClFN3O2. The summed E-state index contributed by atoms with van der Waals surface area (Å²) in [5, 5.41) is 0.186. The molecule has 0 aromatic heterocycles. The quantitative estimate of drug-likeness (QED) is 0.800. The number of anilines is 1. The van der Waals surface area contributed by atoms with Gasteiger partial charge in [0.15, 0.2) is 0 Å². The predicted octanol–water partition coefficient (Wildman–Crippen LogP) is 3.40. The van der Waals surface area contributed by atoms with E-state index in [1.807, 2.05) is 12.1 Å². The van der Waals surface area contributed by atoms with E-state index in [0.717, 1.165) is 24.8 Å². The molecule has 0 bridgehead atoms. The number of halogens is 2. The van der Waals surface area contributed by atoms with Gasteiger partial charge in [-0.15, -0.1) is 0 Å². The number of rotatable bonds is 5. The zero-order valence-electron chi connectivity index (χ0n) is 14.0. The molecule has 0 spiro atoms. The van der Waals surface area contributed by atoms with Gasteiger partial charge in [0.05, 0.1) is 5.56 Å². The van der Waals surface area contributed by atoms with Crippen LogP contribution in [-0.2, 0) is 0 Å². The zero-order valence-corrected chi connectivity index (χ0v) is 14.7. The summed E-state index contributed by atoms with van der Waals surface area (Å²) in [6.45, 7) is 5.83. The maximum Gasteiger partial charge on any atom is 0.272 e. The number of hydrazine groups is 1. The molecule has 132 valence electrons. The highest BCUT2D eigenvalue weighted by molar-refractivity contribution is 6.30. The van der Waals surface area contributed by atoms with Crippen LogP contribution in [0.15, 0.2) is 42.5 Å². The zero-order chi connectivity index (χ0) is 18.4. The number of benzene rings is 2. The Morgan fingerprint density at radius 1 is 1.00 bits per heavy atom. The van der Waals surface area contributed by atoms with Crippen molar-refractivity contribution < 1.29 is 14.0 Å². The molecule has 0 unspecified atom stereocenters. The lowest BCUT2D eigenvalue weighted by atomic mass is 10.2. The molecule has 2 amide bonds. The molecular weight excluding hydrogens is 345 g/mol. The van der Waals surface area contributed by atoms with Crippen LogP contribution in [0.4, 0.5) is 10.1 Å². The van der Waals surface area contributed by atoms with Gasteiger partial charge in [0, 0.05) is 29.4 Å². The van der Waals surface area contributed by atoms with Crippen LogP contribution in [-0.4, -0.2) is 24.9 Å². The van der Waals surface area contributed by atoms with E-state index in [2.05, 4.69) is 29.6 Å². The molecule has 0 fully saturated rings. The molecule has 0 saturated heterocycles. The SMILES string of the molecule is CCN(CC)c1ccc(C(=O)NNC(=O)c2ccc(Cl)cc2F)cc1. The summed E-state index contributed by atoms with van der Waals surface area (Å²) in [7, 11) is 0.